The predicted octanol–water partition coefficient (Wildman–Crippen LogP) is 5.02. The van der Waals surface area contributed by atoms with Crippen molar-refractivity contribution in [3.63, 3.8) is 0 Å². The lowest BCUT2D eigenvalue weighted by atomic mass is 10.2. The van der Waals surface area contributed by atoms with Gasteiger partial charge in [-0.1, -0.05) is 36.2 Å². The molecule has 20 heavy (non-hydrogen) atoms. The summed E-state index contributed by atoms with van der Waals surface area (Å²) in [6.45, 7) is 5.28. The summed E-state index contributed by atoms with van der Waals surface area (Å²) in [7, 11) is 0. The van der Waals surface area contributed by atoms with Gasteiger partial charge in [-0.2, -0.15) is 0 Å². The number of thioether (sulfide) groups is 1. The highest BCUT2D eigenvalue weighted by Crippen LogP contribution is 2.25. The van der Waals surface area contributed by atoms with Crippen molar-refractivity contribution in [2.45, 2.75) is 31.2 Å². The van der Waals surface area contributed by atoms with E-state index in [0.717, 1.165) is 23.1 Å². The molecular weight excluding hydrogens is 306 g/mol. The van der Waals surface area contributed by atoms with Crippen LogP contribution in [0.5, 0.6) is 0 Å². The van der Waals surface area contributed by atoms with Crippen molar-refractivity contribution in [1.29, 1.82) is 0 Å². The molecule has 0 fully saturated rings. The van der Waals surface area contributed by atoms with E-state index in [1.165, 1.54) is 15.3 Å². The van der Waals surface area contributed by atoms with Crippen LogP contribution in [0.4, 0.5) is 0 Å². The van der Waals surface area contributed by atoms with E-state index in [-0.39, 0.29) is 0 Å². The quantitative estimate of drug-likeness (QED) is 0.717. The molecule has 0 spiro atoms. The monoisotopic (exact) mass is 325 g/mol. The minimum atomic E-state index is 0.487. The second kappa shape index (κ2) is 8.08. The molecule has 1 heterocycles. The molecule has 1 nitrogen and oxygen atoms in total. The molecule has 0 saturated carbocycles. The zero-order valence-corrected chi connectivity index (χ0v) is 14.2. The normalized spacial score (nSPS) is 12.6. The first-order valence-corrected chi connectivity index (χ1v) is 9.02. The van der Waals surface area contributed by atoms with Gasteiger partial charge in [0.05, 0.1) is 4.34 Å². The van der Waals surface area contributed by atoms with Gasteiger partial charge in [-0.25, -0.2) is 0 Å². The second-order valence-corrected chi connectivity index (χ2v) is 7.68. The Labute approximate surface area is 134 Å². The first kappa shape index (κ1) is 15.9. The van der Waals surface area contributed by atoms with Crippen LogP contribution in [0.1, 0.15) is 17.4 Å². The molecule has 1 aromatic heterocycles. The molecule has 1 unspecified atom stereocenters. The molecule has 1 N–H and O–H groups in total. The molecule has 0 radical (unpaired) electrons. The Hall–Kier alpha value is -0.480. The highest BCUT2D eigenvalue weighted by atomic mass is 35.5. The molecular formula is C16H20ClNS2. The van der Waals surface area contributed by atoms with E-state index >= 15 is 0 Å². The fourth-order valence-corrected chi connectivity index (χ4v) is 4.14. The first-order chi connectivity index (χ1) is 9.67. The van der Waals surface area contributed by atoms with Gasteiger partial charge in [0.25, 0.3) is 0 Å². The zero-order chi connectivity index (χ0) is 14.4. The molecule has 0 saturated heterocycles. The van der Waals surface area contributed by atoms with Crippen LogP contribution < -0.4 is 5.32 Å². The Balaban J connectivity index is 1.90. The van der Waals surface area contributed by atoms with Crippen molar-refractivity contribution in [3.8, 4) is 0 Å². The largest absolute Gasteiger partial charge is 0.313 e. The predicted molar refractivity (Wildman–Crippen MR) is 92.4 cm³/mol. The second-order valence-electron chi connectivity index (χ2n) is 4.79. The van der Waals surface area contributed by atoms with Gasteiger partial charge in [-0.15, -0.1) is 23.1 Å². The standard InChI is InChI=1S/C16H20ClNS2/c1-3-18-13(10-15-8-9-16(17)20-15)11-19-14-6-4-12(2)5-7-14/h4-9,13,18H,3,10-11H2,1-2H3. The van der Waals surface area contributed by atoms with E-state index in [2.05, 4.69) is 49.5 Å². The SMILES string of the molecule is CCNC(CSc1ccc(C)cc1)Cc1ccc(Cl)s1. The molecule has 1 atom stereocenters. The molecule has 108 valence electrons. The van der Waals surface area contributed by atoms with E-state index in [4.69, 9.17) is 11.6 Å². The van der Waals surface area contributed by atoms with Crippen molar-refractivity contribution >= 4 is 34.7 Å². The Bertz CT molecular complexity index is 522. The fourth-order valence-electron chi connectivity index (χ4n) is 2.01. The third kappa shape index (κ3) is 5.13. The number of halogens is 1. The van der Waals surface area contributed by atoms with Crippen LogP contribution in [0.25, 0.3) is 0 Å². The lowest BCUT2D eigenvalue weighted by Crippen LogP contribution is -2.32. The zero-order valence-electron chi connectivity index (χ0n) is 11.9. The van der Waals surface area contributed by atoms with Gasteiger partial charge in [-0.3, -0.25) is 0 Å². The average Bonchev–Trinajstić information content (AvgIpc) is 2.83. The van der Waals surface area contributed by atoms with E-state index in [0.29, 0.717) is 6.04 Å². The van der Waals surface area contributed by atoms with E-state index in [1.807, 2.05) is 17.8 Å². The number of aryl methyl sites for hydroxylation is 1. The van der Waals surface area contributed by atoms with Crippen LogP contribution in [0.3, 0.4) is 0 Å². The molecule has 0 aliphatic heterocycles. The summed E-state index contributed by atoms with van der Waals surface area (Å²) in [5, 5.41) is 3.56. The fraction of sp³-hybridized carbons (Fsp3) is 0.375. The van der Waals surface area contributed by atoms with Crippen LogP contribution >= 0.6 is 34.7 Å². The molecule has 0 bridgehead atoms. The topological polar surface area (TPSA) is 12.0 Å². The van der Waals surface area contributed by atoms with Crippen molar-refractivity contribution in [3.05, 3.63) is 51.2 Å². The molecule has 0 amide bonds. The van der Waals surface area contributed by atoms with Gasteiger partial charge in [-0.05, 0) is 44.2 Å². The van der Waals surface area contributed by atoms with Crippen LogP contribution in [-0.2, 0) is 6.42 Å². The Morgan fingerprint density at radius 2 is 1.95 bits per heavy atom. The van der Waals surface area contributed by atoms with Crippen molar-refractivity contribution in [2.24, 2.45) is 0 Å². The maximum atomic E-state index is 6.00. The number of nitrogens with one attached hydrogen (secondary N) is 1. The van der Waals surface area contributed by atoms with Gasteiger partial charge in [0.1, 0.15) is 0 Å². The smallest absolute Gasteiger partial charge is 0.0931 e. The van der Waals surface area contributed by atoms with Crippen LogP contribution in [0.15, 0.2) is 41.3 Å². The summed E-state index contributed by atoms with van der Waals surface area (Å²) in [5.41, 5.74) is 1.31. The number of likely N-dealkylation sites (N-methyl/N-ethyl adjacent to an activating group) is 1. The molecule has 2 rings (SSSR count). The van der Waals surface area contributed by atoms with Crippen LogP contribution in [-0.4, -0.2) is 18.3 Å². The molecule has 4 heteroatoms. The van der Waals surface area contributed by atoms with Crippen LogP contribution in [0, 0.1) is 6.92 Å². The lowest BCUT2D eigenvalue weighted by Gasteiger charge is -2.16. The van der Waals surface area contributed by atoms with Gasteiger partial charge < -0.3 is 5.32 Å². The van der Waals surface area contributed by atoms with Gasteiger partial charge in [0.2, 0.25) is 0 Å². The molecule has 1 aromatic carbocycles. The van der Waals surface area contributed by atoms with E-state index < -0.39 is 0 Å². The maximum Gasteiger partial charge on any atom is 0.0931 e. The van der Waals surface area contributed by atoms with Crippen molar-refractivity contribution in [2.75, 3.05) is 12.3 Å². The molecule has 0 aliphatic carbocycles. The van der Waals surface area contributed by atoms with Gasteiger partial charge >= 0.3 is 0 Å². The van der Waals surface area contributed by atoms with Crippen molar-refractivity contribution < 1.29 is 0 Å². The summed E-state index contributed by atoms with van der Waals surface area (Å²) < 4.78 is 0.876. The van der Waals surface area contributed by atoms with E-state index in [1.54, 1.807) is 11.3 Å². The number of hydrogen-bond donors (Lipinski definition) is 1. The molecule has 0 aliphatic rings. The van der Waals surface area contributed by atoms with Gasteiger partial charge in [0.15, 0.2) is 0 Å². The highest BCUT2D eigenvalue weighted by Gasteiger charge is 2.10. The summed E-state index contributed by atoms with van der Waals surface area (Å²) in [5.74, 6) is 1.08. The number of rotatable bonds is 7. The molecule has 2 aromatic rings. The maximum absolute atomic E-state index is 6.00. The minimum absolute atomic E-state index is 0.487. The number of hydrogen-bond acceptors (Lipinski definition) is 3. The Morgan fingerprint density at radius 1 is 1.20 bits per heavy atom. The summed E-state index contributed by atoms with van der Waals surface area (Å²) in [6, 6.07) is 13.3. The summed E-state index contributed by atoms with van der Waals surface area (Å²) in [4.78, 5) is 2.69. The van der Waals surface area contributed by atoms with Gasteiger partial charge in [0, 0.05) is 21.6 Å². The van der Waals surface area contributed by atoms with Crippen molar-refractivity contribution in [1.82, 2.24) is 5.32 Å². The Kier molecular flexibility index (Phi) is 6.43. The third-order valence-electron chi connectivity index (χ3n) is 3.04. The average molecular weight is 326 g/mol. The summed E-state index contributed by atoms with van der Waals surface area (Å²) >= 11 is 9.60. The number of benzene rings is 1. The lowest BCUT2D eigenvalue weighted by molar-refractivity contribution is 0.576. The van der Waals surface area contributed by atoms with Crippen LogP contribution in [0.2, 0.25) is 4.34 Å². The third-order valence-corrected chi connectivity index (χ3v) is 5.47. The summed E-state index contributed by atoms with van der Waals surface area (Å²) in [6.07, 6.45) is 1.05. The first-order valence-electron chi connectivity index (χ1n) is 6.84. The van der Waals surface area contributed by atoms with E-state index in [9.17, 15) is 0 Å². The number of thiophene rings is 1. The Morgan fingerprint density at radius 3 is 2.55 bits per heavy atom. The highest BCUT2D eigenvalue weighted by molar-refractivity contribution is 7.99. The minimum Gasteiger partial charge on any atom is -0.313 e.